The Morgan fingerprint density at radius 3 is 2.68 bits per heavy atom. The monoisotopic (exact) mass is 265 g/mol. The van der Waals surface area contributed by atoms with E-state index in [-0.39, 0.29) is 5.97 Å². The highest BCUT2D eigenvalue weighted by atomic mass is 16.5. The van der Waals surface area contributed by atoms with Gasteiger partial charge in [0, 0.05) is 6.61 Å². The lowest BCUT2D eigenvalue weighted by atomic mass is 10.1. The van der Waals surface area contributed by atoms with Crippen LogP contribution < -0.4 is 5.73 Å². The first kappa shape index (κ1) is 15.7. The van der Waals surface area contributed by atoms with Crippen LogP contribution in [0.4, 0.5) is 0 Å². The minimum atomic E-state index is -0.505. The Balaban J connectivity index is 2.01. The van der Waals surface area contributed by atoms with Gasteiger partial charge in [0.05, 0.1) is 13.2 Å². The summed E-state index contributed by atoms with van der Waals surface area (Å²) in [5.41, 5.74) is 6.87. The standard InChI is InChI=1S/C15H23NO3/c1-2-19-15(17)14(16)10-6-7-11-18-12-13-8-4-3-5-9-13/h3-5,8-9,14H,2,6-7,10-12,16H2,1H3. The zero-order valence-corrected chi connectivity index (χ0v) is 11.5. The first-order chi connectivity index (χ1) is 9.24. The summed E-state index contributed by atoms with van der Waals surface area (Å²) in [6.07, 6.45) is 2.42. The van der Waals surface area contributed by atoms with Crippen LogP contribution in [0, 0.1) is 0 Å². The van der Waals surface area contributed by atoms with Crippen LogP contribution in [-0.4, -0.2) is 25.2 Å². The van der Waals surface area contributed by atoms with E-state index in [2.05, 4.69) is 0 Å². The normalized spacial score (nSPS) is 12.1. The molecule has 1 aromatic rings. The Morgan fingerprint density at radius 1 is 1.26 bits per heavy atom. The molecule has 0 spiro atoms. The van der Waals surface area contributed by atoms with E-state index in [1.165, 1.54) is 5.56 Å². The minimum Gasteiger partial charge on any atom is -0.465 e. The number of rotatable bonds is 9. The molecule has 19 heavy (non-hydrogen) atoms. The van der Waals surface area contributed by atoms with Crippen LogP contribution in [-0.2, 0) is 20.9 Å². The Morgan fingerprint density at radius 2 is 2.00 bits per heavy atom. The highest BCUT2D eigenvalue weighted by Gasteiger charge is 2.13. The molecule has 2 N–H and O–H groups in total. The van der Waals surface area contributed by atoms with Crippen LogP contribution in [0.1, 0.15) is 31.7 Å². The number of ether oxygens (including phenoxy) is 2. The molecule has 106 valence electrons. The fraction of sp³-hybridized carbons (Fsp3) is 0.533. The van der Waals surface area contributed by atoms with Gasteiger partial charge in [-0.2, -0.15) is 0 Å². The van der Waals surface area contributed by atoms with Gasteiger partial charge in [-0.3, -0.25) is 4.79 Å². The van der Waals surface area contributed by atoms with Crippen molar-refractivity contribution in [3.63, 3.8) is 0 Å². The van der Waals surface area contributed by atoms with Crippen molar-refractivity contribution in [1.82, 2.24) is 0 Å². The molecule has 0 aliphatic rings. The molecule has 0 aromatic heterocycles. The molecule has 0 aliphatic carbocycles. The Labute approximate surface area is 114 Å². The number of carbonyl (C=O) groups excluding carboxylic acids is 1. The third-order valence-electron chi connectivity index (χ3n) is 2.75. The maximum Gasteiger partial charge on any atom is 0.322 e. The highest BCUT2D eigenvalue weighted by Crippen LogP contribution is 2.04. The van der Waals surface area contributed by atoms with E-state index in [1.807, 2.05) is 30.3 Å². The van der Waals surface area contributed by atoms with Crippen LogP contribution in [0.15, 0.2) is 30.3 Å². The topological polar surface area (TPSA) is 61.5 Å². The van der Waals surface area contributed by atoms with Gasteiger partial charge in [0.15, 0.2) is 0 Å². The van der Waals surface area contributed by atoms with E-state index in [9.17, 15) is 4.79 Å². The van der Waals surface area contributed by atoms with Gasteiger partial charge < -0.3 is 15.2 Å². The van der Waals surface area contributed by atoms with Crippen LogP contribution in [0.2, 0.25) is 0 Å². The summed E-state index contributed by atoms with van der Waals surface area (Å²) in [5.74, 6) is -0.312. The van der Waals surface area contributed by atoms with E-state index >= 15 is 0 Å². The summed E-state index contributed by atoms with van der Waals surface area (Å²) in [5, 5.41) is 0. The lowest BCUT2D eigenvalue weighted by molar-refractivity contribution is -0.144. The largest absolute Gasteiger partial charge is 0.465 e. The summed E-state index contributed by atoms with van der Waals surface area (Å²) in [6.45, 7) is 3.48. The van der Waals surface area contributed by atoms with Crippen LogP contribution in [0.25, 0.3) is 0 Å². The summed E-state index contributed by atoms with van der Waals surface area (Å²) >= 11 is 0. The minimum absolute atomic E-state index is 0.312. The molecular weight excluding hydrogens is 242 g/mol. The summed E-state index contributed by atoms with van der Waals surface area (Å²) in [7, 11) is 0. The fourth-order valence-corrected chi connectivity index (χ4v) is 1.70. The number of nitrogens with two attached hydrogens (primary N) is 1. The number of benzene rings is 1. The first-order valence-electron chi connectivity index (χ1n) is 6.78. The first-order valence-corrected chi connectivity index (χ1v) is 6.78. The van der Waals surface area contributed by atoms with Crippen molar-refractivity contribution in [3.05, 3.63) is 35.9 Å². The van der Waals surface area contributed by atoms with E-state index < -0.39 is 6.04 Å². The second-order valence-electron chi connectivity index (χ2n) is 4.39. The Hall–Kier alpha value is -1.39. The van der Waals surface area contributed by atoms with Gasteiger partial charge in [0.25, 0.3) is 0 Å². The van der Waals surface area contributed by atoms with E-state index in [0.29, 0.717) is 26.2 Å². The number of hydrogen-bond acceptors (Lipinski definition) is 4. The zero-order valence-electron chi connectivity index (χ0n) is 11.5. The van der Waals surface area contributed by atoms with Crippen molar-refractivity contribution < 1.29 is 14.3 Å². The molecule has 1 rings (SSSR count). The van der Waals surface area contributed by atoms with Gasteiger partial charge in [-0.1, -0.05) is 30.3 Å². The van der Waals surface area contributed by atoms with Gasteiger partial charge in [0.1, 0.15) is 6.04 Å². The number of unbranched alkanes of at least 4 members (excludes halogenated alkanes) is 1. The van der Waals surface area contributed by atoms with Crippen molar-refractivity contribution >= 4 is 5.97 Å². The second kappa shape index (κ2) is 9.53. The predicted molar refractivity (Wildman–Crippen MR) is 74.6 cm³/mol. The van der Waals surface area contributed by atoms with Crippen LogP contribution in [0.3, 0.4) is 0 Å². The molecule has 4 nitrogen and oxygen atoms in total. The molecule has 0 saturated carbocycles. The average molecular weight is 265 g/mol. The molecule has 4 heteroatoms. The average Bonchev–Trinajstić information content (AvgIpc) is 2.43. The summed E-state index contributed by atoms with van der Waals surface area (Å²) < 4.78 is 10.4. The van der Waals surface area contributed by atoms with Crippen molar-refractivity contribution in [2.45, 2.75) is 38.8 Å². The van der Waals surface area contributed by atoms with Gasteiger partial charge in [-0.15, -0.1) is 0 Å². The second-order valence-corrected chi connectivity index (χ2v) is 4.39. The maximum absolute atomic E-state index is 11.3. The maximum atomic E-state index is 11.3. The molecule has 1 atom stereocenters. The summed E-state index contributed by atoms with van der Waals surface area (Å²) in [4.78, 5) is 11.3. The third-order valence-corrected chi connectivity index (χ3v) is 2.75. The van der Waals surface area contributed by atoms with Crippen molar-refractivity contribution in [2.75, 3.05) is 13.2 Å². The molecular formula is C15H23NO3. The highest BCUT2D eigenvalue weighted by molar-refractivity contribution is 5.75. The molecule has 0 bridgehead atoms. The van der Waals surface area contributed by atoms with E-state index in [0.717, 1.165) is 12.8 Å². The third kappa shape index (κ3) is 6.94. The van der Waals surface area contributed by atoms with Gasteiger partial charge in [-0.05, 0) is 31.7 Å². The molecule has 0 radical (unpaired) electrons. The molecule has 0 heterocycles. The number of carbonyl (C=O) groups is 1. The molecule has 0 aliphatic heterocycles. The van der Waals surface area contributed by atoms with Crippen LogP contribution >= 0.6 is 0 Å². The summed E-state index contributed by atoms with van der Waals surface area (Å²) in [6, 6.07) is 9.55. The lowest BCUT2D eigenvalue weighted by Gasteiger charge is -2.10. The van der Waals surface area contributed by atoms with Crippen LogP contribution in [0.5, 0.6) is 0 Å². The predicted octanol–water partition coefficient (Wildman–Crippen LogP) is 2.26. The molecule has 0 fully saturated rings. The van der Waals surface area contributed by atoms with E-state index in [1.54, 1.807) is 6.92 Å². The van der Waals surface area contributed by atoms with Crippen molar-refractivity contribution in [2.24, 2.45) is 5.73 Å². The van der Waals surface area contributed by atoms with E-state index in [4.69, 9.17) is 15.2 Å². The molecule has 0 amide bonds. The smallest absolute Gasteiger partial charge is 0.322 e. The van der Waals surface area contributed by atoms with Gasteiger partial charge >= 0.3 is 5.97 Å². The van der Waals surface area contributed by atoms with Crippen molar-refractivity contribution in [1.29, 1.82) is 0 Å². The lowest BCUT2D eigenvalue weighted by Crippen LogP contribution is -2.32. The molecule has 1 aromatic carbocycles. The quantitative estimate of drug-likeness (QED) is 0.549. The number of hydrogen-bond donors (Lipinski definition) is 1. The van der Waals surface area contributed by atoms with Crippen molar-refractivity contribution in [3.8, 4) is 0 Å². The Bertz CT molecular complexity index is 354. The molecule has 0 saturated heterocycles. The molecule has 1 unspecified atom stereocenters. The van der Waals surface area contributed by atoms with Gasteiger partial charge in [0.2, 0.25) is 0 Å². The SMILES string of the molecule is CCOC(=O)C(N)CCCCOCc1ccccc1. The van der Waals surface area contributed by atoms with Gasteiger partial charge in [-0.25, -0.2) is 0 Å². The zero-order chi connectivity index (χ0) is 13.9. The number of esters is 1. The fourth-order valence-electron chi connectivity index (χ4n) is 1.70. The Kier molecular flexibility index (Phi) is 7.86.